The number of amides is 1. The largest absolute Gasteiger partial charge is 0.355 e. The molecule has 0 spiro atoms. The summed E-state index contributed by atoms with van der Waals surface area (Å²) >= 11 is 5.03. The molecule has 2 N–H and O–H groups in total. The van der Waals surface area contributed by atoms with Crippen LogP contribution >= 0.6 is 40.1 Å². The van der Waals surface area contributed by atoms with Crippen LogP contribution in [0.15, 0.2) is 27.6 Å². The van der Waals surface area contributed by atoms with Crippen molar-refractivity contribution in [1.29, 1.82) is 0 Å². The highest BCUT2D eigenvalue weighted by Gasteiger charge is 2.17. The molecule has 1 aromatic carbocycles. The third-order valence-electron chi connectivity index (χ3n) is 2.95. The van der Waals surface area contributed by atoms with Gasteiger partial charge >= 0.3 is 0 Å². The molecule has 0 saturated carbocycles. The summed E-state index contributed by atoms with van der Waals surface area (Å²) in [6.45, 7) is 4.91. The minimum absolute atomic E-state index is 0. The van der Waals surface area contributed by atoms with E-state index in [0.717, 1.165) is 24.1 Å². The molecule has 1 aliphatic heterocycles. The number of hydrogen-bond donors (Lipinski definition) is 2. The first-order valence-corrected chi connectivity index (χ1v) is 7.79. The van der Waals surface area contributed by atoms with Gasteiger partial charge in [0.25, 0.3) is 0 Å². The number of halogens is 2. The van der Waals surface area contributed by atoms with Gasteiger partial charge in [0.05, 0.1) is 5.75 Å². The Bertz CT molecular complexity index is 441. The molecule has 1 amide bonds. The molecule has 0 bridgehead atoms. The third-order valence-corrected chi connectivity index (χ3v) is 4.62. The highest BCUT2D eigenvalue weighted by Crippen LogP contribution is 2.25. The first-order chi connectivity index (χ1) is 8.65. The van der Waals surface area contributed by atoms with E-state index in [-0.39, 0.29) is 18.3 Å². The zero-order valence-corrected chi connectivity index (χ0v) is 14.0. The summed E-state index contributed by atoms with van der Waals surface area (Å²) in [7, 11) is 0. The fraction of sp³-hybridized carbons (Fsp3) is 0.462. The van der Waals surface area contributed by atoms with Gasteiger partial charge in [-0.15, -0.1) is 24.2 Å². The molecular formula is C13H18BrClN2OS. The maximum atomic E-state index is 11.7. The van der Waals surface area contributed by atoms with Gasteiger partial charge in [-0.2, -0.15) is 0 Å². The van der Waals surface area contributed by atoms with Gasteiger partial charge in [-0.1, -0.05) is 15.9 Å². The highest BCUT2D eigenvalue weighted by atomic mass is 79.9. The summed E-state index contributed by atoms with van der Waals surface area (Å²) in [6, 6.07) is 6.13. The third kappa shape index (κ3) is 5.34. The Morgan fingerprint density at radius 3 is 2.84 bits per heavy atom. The van der Waals surface area contributed by atoms with Crippen LogP contribution in [0, 0.1) is 12.8 Å². The second-order valence-electron chi connectivity index (χ2n) is 4.53. The minimum atomic E-state index is 0. The average Bonchev–Trinajstić information content (AvgIpc) is 2.25. The molecule has 106 valence electrons. The maximum Gasteiger partial charge on any atom is 0.230 e. The molecule has 1 aromatic rings. The van der Waals surface area contributed by atoms with Gasteiger partial charge in [0.2, 0.25) is 5.91 Å². The van der Waals surface area contributed by atoms with E-state index in [9.17, 15) is 4.79 Å². The fourth-order valence-electron chi connectivity index (χ4n) is 1.72. The highest BCUT2D eigenvalue weighted by molar-refractivity contribution is 9.10. The lowest BCUT2D eigenvalue weighted by atomic mass is 10.0. The van der Waals surface area contributed by atoms with Crippen molar-refractivity contribution in [3.8, 4) is 0 Å². The van der Waals surface area contributed by atoms with Gasteiger partial charge in [0, 0.05) is 34.9 Å². The minimum Gasteiger partial charge on any atom is -0.355 e. The van der Waals surface area contributed by atoms with Gasteiger partial charge in [-0.3, -0.25) is 4.79 Å². The van der Waals surface area contributed by atoms with Crippen LogP contribution in [0.5, 0.6) is 0 Å². The SMILES string of the molecule is Cc1cc(Br)ccc1SCC(=O)NCC1CNC1.Cl. The number of aryl methyl sites for hydroxylation is 1. The van der Waals surface area contributed by atoms with E-state index in [4.69, 9.17) is 0 Å². The topological polar surface area (TPSA) is 41.1 Å². The smallest absolute Gasteiger partial charge is 0.230 e. The lowest BCUT2D eigenvalue weighted by Gasteiger charge is -2.27. The van der Waals surface area contributed by atoms with Crippen molar-refractivity contribution in [3.63, 3.8) is 0 Å². The molecule has 0 atom stereocenters. The second-order valence-corrected chi connectivity index (χ2v) is 6.46. The standard InChI is InChI=1S/C13H17BrN2OS.ClH/c1-9-4-11(14)2-3-12(9)18-8-13(17)16-7-10-5-15-6-10;/h2-4,10,15H,5-8H2,1H3,(H,16,17);1H. The van der Waals surface area contributed by atoms with E-state index in [0.29, 0.717) is 11.7 Å². The first-order valence-electron chi connectivity index (χ1n) is 6.01. The van der Waals surface area contributed by atoms with Gasteiger partial charge < -0.3 is 10.6 Å². The average molecular weight is 366 g/mol. The van der Waals surface area contributed by atoms with Crippen LogP contribution in [0.4, 0.5) is 0 Å². The molecular weight excluding hydrogens is 348 g/mol. The quantitative estimate of drug-likeness (QED) is 0.788. The summed E-state index contributed by atoms with van der Waals surface area (Å²) in [4.78, 5) is 12.8. The normalized spacial score (nSPS) is 14.4. The van der Waals surface area contributed by atoms with Crippen molar-refractivity contribution in [3.05, 3.63) is 28.2 Å². The van der Waals surface area contributed by atoms with Gasteiger partial charge in [-0.05, 0) is 30.7 Å². The lowest BCUT2D eigenvalue weighted by molar-refractivity contribution is -0.118. The van der Waals surface area contributed by atoms with E-state index >= 15 is 0 Å². The van der Waals surface area contributed by atoms with Crippen molar-refractivity contribution >= 4 is 46.0 Å². The van der Waals surface area contributed by atoms with Crippen LogP contribution in [-0.2, 0) is 4.79 Å². The summed E-state index contributed by atoms with van der Waals surface area (Å²) in [5, 5.41) is 6.17. The predicted octanol–water partition coefficient (Wildman–Crippen LogP) is 2.61. The van der Waals surface area contributed by atoms with Crippen molar-refractivity contribution < 1.29 is 4.79 Å². The molecule has 0 aliphatic carbocycles. The molecule has 2 rings (SSSR count). The summed E-state index contributed by atoms with van der Waals surface area (Å²) in [5.74, 6) is 1.23. The Morgan fingerprint density at radius 2 is 2.26 bits per heavy atom. The first kappa shape index (κ1) is 16.8. The predicted molar refractivity (Wildman–Crippen MR) is 86.2 cm³/mol. The van der Waals surface area contributed by atoms with Crippen molar-refractivity contribution in [2.75, 3.05) is 25.4 Å². The Hall–Kier alpha value is -0.230. The Kier molecular flexibility index (Phi) is 7.21. The molecule has 6 heteroatoms. The zero-order valence-electron chi connectivity index (χ0n) is 10.7. The molecule has 3 nitrogen and oxygen atoms in total. The van der Waals surface area contributed by atoms with Gasteiger partial charge in [-0.25, -0.2) is 0 Å². The van der Waals surface area contributed by atoms with Crippen molar-refractivity contribution in [1.82, 2.24) is 10.6 Å². The van der Waals surface area contributed by atoms with Crippen LogP contribution < -0.4 is 10.6 Å². The van der Waals surface area contributed by atoms with Crippen LogP contribution in [0.2, 0.25) is 0 Å². The summed E-state index contributed by atoms with van der Waals surface area (Å²) < 4.78 is 1.08. The van der Waals surface area contributed by atoms with Crippen LogP contribution in [0.3, 0.4) is 0 Å². The number of hydrogen-bond acceptors (Lipinski definition) is 3. The molecule has 0 unspecified atom stereocenters. The van der Waals surface area contributed by atoms with E-state index in [1.807, 2.05) is 12.1 Å². The van der Waals surface area contributed by atoms with Gasteiger partial charge in [0.1, 0.15) is 0 Å². The monoisotopic (exact) mass is 364 g/mol. The molecule has 0 radical (unpaired) electrons. The van der Waals surface area contributed by atoms with E-state index in [1.165, 1.54) is 10.5 Å². The summed E-state index contributed by atoms with van der Waals surface area (Å²) in [5.41, 5.74) is 1.20. The number of rotatable bonds is 5. The number of nitrogens with one attached hydrogen (secondary N) is 2. The molecule has 1 fully saturated rings. The van der Waals surface area contributed by atoms with E-state index in [2.05, 4.69) is 39.6 Å². The van der Waals surface area contributed by atoms with Crippen LogP contribution in [0.25, 0.3) is 0 Å². The Balaban J connectivity index is 0.00000180. The number of carbonyl (C=O) groups excluding carboxylic acids is 1. The van der Waals surface area contributed by atoms with Crippen LogP contribution in [-0.4, -0.2) is 31.3 Å². The maximum absolute atomic E-state index is 11.7. The molecule has 1 aliphatic rings. The second kappa shape index (κ2) is 8.15. The number of benzene rings is 1. The fourth-order valence-corrected chi connectivity index (χ4v) is 3.04. The summed E-state index contributed by atoms with van der Waals surface area (Å²) in [6.07, 6.45) is 0. The molecule has 1 heterocycles. The molecule has 1 saturated heterocycles. The number of carbonyl (C=O) groups is 1. The Labute approximate surface area is 132 Å². The van der Waals surface area contributed by atoms with Crippen LogP contribution in [0.1, 0.15) is 5.56 Å². The molecule has 19 heavy (non-hydrogen) atoms. The lowest BCUT2D eigenvalue weighted by Crippen LogP contribution is -2.48. The van der Waals surface area contributed by atoms with Gasteiger partial charge in [0.15, 0.2) is 0 Å². The van der Waals surface area contributed by atoms with E-state index < -0.39 is 0 Å². The number of thioether (sulfide) groups is 1. The molecule has 0 aromatic heterocycles. The van der Waals surface area contributed by atoms with Crippen molar-refractivity contribution in [2.45, 2.75) is 11.8 Å². The van der Waals surface area contributed by atoms with E-state index in [1.54, 1.807) is 11.8 Å². The Morgan fingerprint density at radius 1 is 1.53 bits per heavy atom. The van der Waals surface area contributed by atoms with Crippen molar-refractivity contribution in [2.24, 2.45) is 5.92 Å². The zero-order chi connectivity index (χ0) is 13.0.